The highest BCUT2D eigenvalue weighted by Crippen LogP contribution is 2.14. The first kappa shape index (κ1) is 12.7. The van der Waals surface area contributed by atoms with E-state index in [0.29, 0.717) is 12.5 Å². The molecule has 0 aromatic heterocycles. The average molecular weight is 248 g/mol. The first-order valence-electron chi connectivity index (χ1n) is 4.58. The number of amides is 1. The van der Waals surface area contributed by atoms with Gasteiger partial charge >= 0.3 is 0 Å². The highest BCUT2D eigenvalue weighted by atomic mass is 79.9. The highest BCUT2D eigenvalue weighted by molar-refractivity contribution is 9.10. The molecule has 0 aliphatic rings. The quantitative estimate of drug-likeness (QED) is 0.540. The fourth-order valence-electron chi connectivity index (χ4n) is 0.990. The first-order chi connectivity index (χ1) is 6.04. The van der Waals surface area contributed by atoms with Crippen molar-refractivity contribution in [3.8, 4) is 0 Å². The molecule has 1 atom stereocenters. The zero-order valence-electron chi connectivity index (χ0n) is 8.59. The molecule has 0 rings (SSSR count). The van der Waals surface area contributed by atoms with Crippen LogP contribution in [-0.2, 0) is 4.79 Å². The van der Waals surface area contributed by atoms with E-state index in [2.05, 4.69) is 22.5 Å². The van der Waals surface area contributed by atoms with Crippen molar-refractivity contribution in [1.29, 1.82) is 0 Å². The fraction of sp³-hybridized carbons (Fsp3) is 0.700. The molecule has 0 saturated heterocycles. The number of carbonyl (C=O) groups excluding carboxylic acids is 1. The number of likely N-dealkylation sites (N-methyl/N-ethyl adjacent to an activating group) is 1. The maximum absolute atomic E-state index is 11.7. The van der Waals surface area contributed by atoms with Gasteiger partial charge in [0.25, 0.3) is 0 Å². The van der Waals surface area contributed by atoms with Crippen molar-refractivity contribution < 1.29 is 4.79 Å². The van der Waals surface area contributed by atoms with E-state index in [1.165, 1.54) is 0 Å². The van der Waals surface area contributed by atoms with E-state index in [-0.39, 0.29) is 10.7 Å². The molecule has 0 N–H and O–H groups in total. The Bertz CT molecular complexity index is 180. The lowest BCUT2D eigenvalue weighted by Crippen LogP contribution is -2.38. The largest absolute Gasteiger partial charge is 0.338 e. The number of halogens is 1. The van der Waals surface area contributed by atoms with Crippen LogP contribution in [0.15, 0.2) is 12.7 Å². The maximum Gasteiger partial charge on any atom is 0.236 e. The topological polar surface area (TPSA) is 20.3 Å². The minimum atomic E-state index is -0.0765. The van der Waals surface area contributed by atoms with Crippen molar-refractivity contribution in [2.24, 2.45) is 5.92 Å². The Kier molecular flexibility index (Phi) is 6.04. The number of alkyl halides is 1. The van der Waals surface area contributed by atoms with E-state index in [1.54, 1.807) is 11.0 Å². The number of hydrogen-bond acceptors (Lipinski definition) is 1. The van der Waals surface area contributed by atoms with Crippen LogP contribution >= 0.6 is 15.9 Å². The summed E-state index contributed by atoms with van der Waals surface area (Å²) < 4.78 is 0. The van der Waals surface area contributed by atoms with Gasteiger partial charge in [-0.3, -0.25) is 4.79 Å². The van der Waals surface area contributed by atoms with Gasteiger partial charge in [-0.15, -0.1) is 6.58 Å². The molecule has 0 heterocycles. The van der Waals surface area contributed by atoms with Crippen LogP contribution < -0.4 is 0 Å². The molecule has 0 bridgehead atoms. The van der Waals surface area contributed by atoms with Crippen LogP contribution in [0.2, 0.25) is 0 Å². The third kappa shape index (κ3) is 3.94. The minimum absolute atomic E-state index is 0.0765. The molecule has 3 heteroatoms. The van der Waals surface area contributed by atoms with Crippen LogP contribution in [0.4, 0.5) is 0 Å². The van der Waals surface area contributed by atoms with E-state index in [4.69, 9.17) is 0 Å². The van der Waals surface area contributed by atoms with Gasteiger partial charge in [0.2, 0.25) is 5.91 Å². The van der Waals surface area contributed by atoms with Crippen LogP contribution in [0.25, 0.3) is 0 Å². The molecule has 0 radical (unpaired) electrons. The smallest absolute Gasteiger partial charge is 0.236 e. The summed E-state index contributed by atoms with van der Waals surface area (Å²) in [6, 6.07) is 0. The highest BCUT2D eigenvalue weighted by Gasteiger charge is 2.22. The third-order valence-electron chi connectivity index (χ3n) is 1.86. The van der Waals surface area contributed by atoms with Gasteiger partial charge in [0, 0.05) is 13.1 Å². The van der Waals surface area contributed by atoms with E-state index < -0.39 is 0 Å². The van der Waals surface area contributed by atoms with Crippen LogP contribution in [0.3, 0.4) is 0 Å². The molecule has 0 aliphatic heterocycles. The zero-order valence-corrected chi connectivity index (χ0v) is 10.2. The Morgan fingerprint density at radius 1 is 1.62 bits per heavy atom. The first-order valence-corrected chi connectivity index (χ1v) is 5.49. The van der Waals surface area contributed by atoms with E-state index in [0.717, 1.165) is 6.54 Å². The molecule has 0 saturated carbocycles. The van der Waals surface area contributed by atoms with Crippen molar-refractivity contribution in [1.82, 2.24) is 4.90 Å². The monoisotopic (exact) mass is 247 g/mol. The number of carbonyl (C=O) groups is 1. The van der Waals surface area contributed by atoms with Gasteiger partial charge in [-0.2, -0.15) is 0 Å². The number of nitrogens with zero attached hydrogens (tertiary/aromatic N) is 1. The second-order valence-electron chi connectivity index (χ2n) is 3.31. The van der Waals surface area contributed by atoms with Gasteiger partial charge in [-0.1, -0.05) is 35.9 Å². The molecule has 0 fully saturated rings. The van der Waals surface area contributed by atoms with Gasteiger partial charge in [0.05, 0.1) is 4.83 Å². The second-order valence-corrected chi connectivity index (χ2v) is 4.30. The third-order valence-corrected chi connectivity index (χ3v) is 3.31. The Hall–Kier alpha value is -0.310. The summed E-state index contributed by atoms with van der Waals surface area (Å²) in [7, 11) is 0. The molecule has 0 aliphatic carbocycles. The fourth-order valence-corrected chi connectivity index (χ4v) is 1.28. The van der Waals surface area contributed by atoms with Crippen LogP contribution in [0.1, 0.15) is 20.8 Å². The molecular formula is C10H18BrNO. The maximum atomic E-state index is 11.7. The minimum Gasteiger partial charge on any atom is -0.338 e. The summed E-state index contributed by atoms with van der Waals surface area (Å²) in [5.74, 6) is 0.476. The normalized spacial score (nSPS) is 12.7. The molecule has 0 spiro atoms. The number of hydrogen-bond donors (Lipinski definition) is 0. The molecule has 0 aromatic carbocycles. The van der Waals surface area contributed by atoms with Crippen molar-refractivity contribution in [2.45, 2.75) is 25.6 Å². The van der Waals surface area contributed by atoms with Crippen LogP contribution in [0.5, 0.6) is 0 Å². The zero-order chi connectivity index (χ0) is 10.4. The lowest BCUT2D eigenvalue weighted by molar-refractivity contribution is -0.130. The summed E-state index contributed by atoms with van der Waals surface area (Å²) in [5.41, 5.74) is 0. The molecule has 1 amide bonds. The second kappa shape index (κ2) is 6.19. The van der Waals surface area contributed by atoms with E-state index in [9.17, 15) is 4.79 Å². The molecule has 76 valence electrons. The SMILES string of the molecule is C=CCN(CC)C(=O)C(Br)C(C)C. The van der Waals surface area contributed by atoms with Crippen molar-refractivity contribution in [3.05, 3.63) is 12.7 Å². The Balaban J connectivity index is 4.27. The molecule has 0 aromatic rings. The number of rotatable bonds is 5. The predicted molar refractivity (Wildman–Crippen MR) is 60.0 cm³/mol. The van der Waals surface area contributed by atoms with Crippen molar-refractivity contribution >= 4 is 21.8 Å². The van der Waals surface area contributed by atoms with Crippen LogP contribution in [0, 0.1) is 5.92 Å². The summed E-state index contributed by atoms with van der Waals surface area (Å²) in [4.78, 5) is 13.4. The Labute approximate surface area is 89.1 Å². The predicted octanol–water partition coefficient (Wildman–Crippen LogP) is 2.44. The Morgan fingerprint density at radius 3 is 2.46 bits per heavy atom. The molecular weight excluding hydrogens is 230 g/mol. The van der Waals surface area contributed by atoms with Crippen molar-refractivity contribution in [3.63, 3.8) is 0 Å². The lowest BCUT2D eigenvalue weighted by Gasteiger charge is -2.23. The summed E-state index contributed by atoms with van der Waals surface area (Å²) >= 11 is 3.39. The van der Waals surface area contributed by atoms with Gasteiger partial charge in [-0.05, 0) is 12.8 Å². The van der Waals surface area contributed by atoms with Gasteiger partial charge in [-0.25, -0.2) is 0 Å². The molecule has 2 nitrogen and oxygen atoms in total. The summed E-state index contributed by atoms with van der Waals surface area (Å²) in [6.45, 7) is 11.0. The average Bonchev–Trinajstić information content (AvgIpc) is 2.11. The van der Waals surface area contributed by atoms with Crippen LogP contribution in [-0.4, -0.2) is 28.7 Å². The van der Waals surface area contributed by atoms with Gasteiger partial charge < -0.3 is 4.90 Å². The summed E-state index contributed by atoms with van der Waals surface area (Å²) in [5, 5.41) is 0. The molecule has 1 unspecified atom stereocenters. The van der Waals surface area contributed by atoms with Crippen molar-refractivity contribution in [2.75, 3.05) is 13.1 Å². The van der Waals surface area contributed by atoms with Gasteiger partial charge in [0.1, 0.15) is 0 Å². The van der Waals surface area contributed by atoms with E-state index in [1.807, 2.05) is 20.8 Å². The standard InChI is InChI=1S/C10H18BrNO/c1-5-7-12(6-2)10(13)9(11)8(3)4/h5,8-9H,1,6-7H2,2-4H3. The molecule has 13 heavy (non-hydrogen) atoms. The van der Waals surface area contributed by atoms with Gasteiger partial charge in [0.15, 0.2) is 0 Å². The lowest BCUT2D eigenvalue weighted by atomic mass is 10.1. The summed E-state index contributed by atoms with van der Waals surface area (Å²) in [6.07, 6.45) is 1.75. The van der Waals surface area contributed by atoms with E-state index >= 15 is 0 Å². The Morgan fingerprint density at radius 2 is 2.15 bits per heavy atom.